The van der Waals surface area contributed by atoms with Crippen LogP contribution in [-0.2, 0) is 11.2 Å². The van der Waals surface area contributed by atoms with Crippen LogP contribution in [0.15, 0.2) is 18.3 Å². The number of hydrogen-bond acceptors (Lipinski definition) is 7. The second-order valence-electron chi connectivity index (χ2n) is 8.56. The fraction of sp³-hybridized carbons (Fsp3) is 0.591. The minimum Gasteiger partial charge on any atom is -0.431 e. The van der Waals surface area contributed by atoms with Crippen LogP contribution in [0.5, 0.6) is 5.75 Å². The van der Waals surface area contributed by atoms with Crippen molar-refractivity contribution >= 4 is 5.82 Å². The Kier molecular flexibility index (Phi) is 5.47. The summed E-state index contributed by atoms with van der Waals surface area (Å²) in [6, 6.07) is 4.10. The van der Waals surface area contributed by atoms with Crippen LogP contribution in [0.3, 0.4) is 0 Å². The number of rotatable bonds is 6. The number of aromatic nitrogens is 3. The SMILES string of the molecule is CCc1nc(-c2cnc(N)c(OC(F)F)c2)cc(C2C3CC(N4CCOCC4)CC32)n1. The third kappa shape index (κ3) is 4.08. The Morgan fingerprint density at radius 3 is 2.61 bits per heavy atom. The van der Waals surface area contributed by atoms with Gasteiger partial charge in [-0.1, -0.05) is 6.92 Å². The van der Waals surface area contributed by atoms with Gasteiger partial charge in [0.05, 0.1) is 18.9 Å². The third-order valence-electron chi connectivity index (χ3n) is 6.83. The van der Waals surface area contributed by atoms with E-state index in [1.165, 1.54) is 18.9 Å². The molecule has 2 saturated carbocycles. The lowest BCUT2D eigenvalue weighted by atomic mass is 10.0. The molecule has 3 fully saturated rings. The van der Waals surface area contributed by atoms with Crippen molar-refractivity contribution in [2.45, 2.75) is 44.8 Å². The Hall–Kier alpha value is -2.39. The monoisotopic (exact) mass is 431 g/mol. The summed E-state index contributed by atoms with van der Waals surface area (Å²) in [5.74, 6) is 2.30. The highest BCUT2D eigenvalue weighted by Gasteiger charge is 2.58. The zero-order chi connectivity index (χ0) is 21.5. The summed E-state index contributed by atoms with van der Waals surface area (Å²) in [6.07, 6.45) is 4.64. The maximum absolute atomic E-state index is 12.7. The summed E-state index contributed by atoms with van der Waals surface area (Å²) in [4.78, 5) is 16.0. The van der Waals surface area contributed by atoms with Crippen molar-refractivity contribution in [2.75, 3.05) is 32.0 Å². The van der Waals surface area contributed by atoms with Gasteiger partial charge < -0.3 is 15.2 Å². The number of alkyl halides is 2. The smallest absolute Gasteiger partial charge is 0.387 e. The van der Waals surface area contributed by atoms with Gasteiger partial charge in [0.2, 0.25) is 0 Å². The number of aryl methyl sites for hydroxylation is 1. The van der Waals surface area contributed by atoms with E-state index < -0.39 is 6.61 Å². The number of hydrogen-bond donors (Lipinski definition) is 1. The van der Waals surface area contributed by atoms with E-state index in [2.05, 4.69) is 19.6 Å². The second-order valence-corrected chi connectivity index (χ2v) is 8.56. The fourth-order valence-electron chi connectivity index (χ4n) is 5.27. The molecule has 3 heterocycles. The molecule has 0 aromatic carbocycles. The molecule has 2 aromatic rings. The Labute approximate surface area is 180 Å². The first-order valence-electron chi connectivity index (χ1n) is 10.9. The van der Waals surface area contributed by atoms with Gasteiger partial charge in [-0.2, -0.15) is 8.78 Å². The highest BCUT2D eigenvalue weighted by Crippen LogP contribution is 2.63. The molecular formula is C22H27F2N5O2. The molecule has 0 amide bonds. The minimum absolute atomic E-state index is 0.0695. The molecule has 5 rings (SSSR count). The predicted octanol–water partition coefficient (Wildman–Crippen LogP) is 3.11. The summed E-state index contributed by atoms with van der Waals surface area (Å²) >= 11 is 0. The fourth-order valence-corrected chi connectivity index (χ4v) is 5.27. The topological polar surface area (TPSA) is 86.4 Å². The first kappa shape index (κ1) is 20.5. The number of halogens is 2. The Balaban J connectivity index is 1.36. The maximum atomic E-state index is 12.7. The quantitative estimate of drug-likeness (QED) is 0.752. The molecule has 2 aliphatic carbocycles. The van der Waals surface area contributed by atoms with Crippen LogP contribution in [0, 0.1) is 11.8 Å². The van der Waals surface area contributed by atoms with Crippen molar-refractivity contribution in [2.24, 2.45) is 11.8 Å². The first-order valence-corrected chi connectivity index (χ1v) is 10.9. The number of ether oxygens (including phenoxy) is 2. The van der Waals surface area contributed by atoms with Crippen LogP contribution >= 0.6 is 0 Å². The normalized spacial score (nSPS) is 28.0. The van der Waals surface area contributed by atoms with Crippen molar-refractivity contribution < 1.29 is 18.3 Å². The van der Waals surface area contributed by atoms with Crippen LogP contribution in [0.1, 0.15) is 37.2 Å². The molecule has 166 valence electrons. The molecule has 7 nitrogen and oxygen atoms in total. The maximum Gasteiger partial charge on any atom is 0.387 e. The molecule has 2 atom stereocenters. The standard InChI is InChI=1S/C22H27F2N5O2/c1-2-19-27-16(12-7-18(31-22(23)24)21(25)26-11-12)10-17(28-19)20-14-8-13(9-15(14)20)29-3-5-30-6-4-29/h7,10-11,13-15,20,22H,2-6,8-9H2,1H3,(H2,25,26). The summed E-state index contributed by atoms with van der Waals surface area (Å²) in [6.45, 7) is 2.77. The van der Waals surface area contributed by atoms with Crippen molar-refractivity contribution in [3.05, 3.63) is 29.8 Å². The lowest BCUT2D eigenvalue weighted by Crippen LogP contribution is -2.43. The number of morpholine rings is 1. The van der Waals surface area contributed by atoms with E-state index >= 15 is 0 Å². The second kappa shape index (κ2) is 8.27. The molecule has 3 aliphatic rings. The molecule has 0 spiro atoms. The zero-order valence-electron chi connectivity index (χ0n) is 17.5. The molecule has 1 aliphatic heterocycles. The number of nitrogens with two attached hydrogens (primary N) is 1. The van der Waals surface area contributed by atoms with E-state index in [1.54, 1.807) is 6.20 Å². The predicted molar refractivity (Wildman–Crippen MR) is 111 cm³/mol. The molecule has 2 N–H and O–H groups in total. The number of anilines is 1. The number of pyridine rings is 1. The van der Waals surface area contributed by atoms with Gasteiger partial charge in [0.25, 0.3) is 0 Å². The van der Waals surface area contributed by atoms with Gasteiger partial charge in [-0.05, 0) is 36.8 Å². The van der Waals surface area contributed by atoms with Gasteiger partial charge in [-0.25, -0.2) is 15.0 Å². The first-order chi connectivity index (χ1) is 15.0. The molecule has 0 bridgehead atoms. The molecule has 0 radical (unpaired) electrons. The Morgan fingerprint density at radius 1 is 1.19 bits per heavy atom. The lowest BCUT2D eigenvalue weighted by Gasteiger charge is -2.33. The molecule has 1 saturated heterocycles. The average molecular weight is 431 g/mol. The van der Waals surface area contributed by atoms with Gasteiger partial charge in [0, 0.05) is 48.9 Å². The van der Waals surface area contributed by atoms with Crippen molar-refractivity contribution in [1.82, 2.24) is 19.9 Å². The van der Waals surface area contributed by atoms with E-state index in [0.29, 0.717) is 41.5 Å². The van der Waals surface area contributed by atoms with Crippen LogP contribution in [0.25, 0.3) is 11.3 Å². The van der Waals surface area contributed by atoms with Crippen molar-refractivity contribution in [3.8, 4) is 17.0 Å². The number of nitrogens with zero attached hydrogens (tertiary/aromatic N) is 4. The summed E-state index contributed by atoms with van der Waals surface area (Å²) in [5, 5.41) is 0. The largest absolute Gasteiger partial charge is 0.431 e. The Bertz CT molecular complexity index is 941. The summed E-state index contributed by atoms with van der Waals surface area (Å²) in [5.41, 5.74) is 8.00. The molecule has 2 aromatic heterocycles. The molecule has 9 heteroatoms. The van der Waals surface area contributed by atoms with E-state index in [4.69, 9.17) is 15.5 Å². The van der Waals surface area contributed by atoms with Gasteiger partial charge in [0.15, 0.2) is 11.6 Å². The van der Waals surface area contributed by atoms with E-state index in [9.17, 15) is 8.78 Å². The van der Waals surface area contributed by atoms with Gasteiger partial charge in [-0.15, -0.1) is 0 Å². The minimum atomic E-state index is -2.96. The summed E-state index contributed by atoms with van der Waals surface area (Å²) in [7, 11) is 0. The highest BCUT2D eigenvalue weighted by atomic mass is 19.3. The van der Waals surface area contributed by atoms with Crippen LogP contribution in [0.4, 0.5) is 14.6 Å². The van der Waals surface area contributed by atoms with Crippen LogP contribution < -0.4 is 10.5 Å². The van der Waals surface area contributed by atoms with Crippen molar-refractivity contribution in [1.29, 1.82) is 0 Å². The Morgan fingerprint density at radius 2 is 1.94 bits per heavy atom. The molecular weight excluding hydrogens is 404 g/mol. The summed E-state index contributed by atoms with van der Waals surface area (Å²) < 4.78 is 35.4. The van der Waals surface area contributed by atoms with Gasteiger partial charge >= 0.3 is 6.61 Å². The zero-order valence-corrected chi connectivity index (χ0v) is 17.5. The van der Waals surface area contributed by atoms with E-state index in [-0.39, 0.29) is 11.6 Å². The van der Waals surface area contributed by atoms with Gasteiger partial charge in [0.1, 0.15) is 5.82 Å². The number of nitrogen functional groups attached to an aromatic ring is 1. The highest BCUT2D eigenvalue weighted by molar-refractivity contribution is 5.64. The van der Waals surface area contributed by atoms with E-state index in [1.807, 2.05) is 13.0 Å². The lowest BCUT2D eigenvalue weighted by molar-refractivity contribution is -0.0494. The van der Waals surface area contributed by atoms with Crippen LogP contribution in [-0.4, -0.2) is 58.8 Å². The number of fused-ring (bicyclic) bond motifs is 1. The average Bonchev–Trinajstić information content (AvgIpc) is 3.28. The third-order valence-corrected chi connectivity index (χ3v) is 6.83. The molecule has 2 unspecified atom stereocenters. The molecule has 31 heavy (non-hydrogen) atoms. The van der Waals surface area contributed by atoms with Gasteiger partial charge in [-0.3, -0.25) is 4.90 Å². The van der Waals surface area contributed by atoms with E-state index in [0.717, 1.165) is 37.8 Å². The van der Waals surface area contributed by atoms with Crippen LogP contribution in [0.2, 0.25) is 0 Å². The van der Waals surface area contributed by atoms with Crippen molar-refractivity contribution in [3.63, 3.8) is 0 Å².